The number of carbonyl (C=O) groups excluding carboxylic acids is 1. The summed E-state index contributed by atoms with van der Waals surface area (Å²) in [4.78, 5) is 21.6. The number of rotatable bonds is 2. The van der Waals surface area contributed by atoms with Gasteiger partial charge in [-0.2, -0.15) is 0 Å². The third-order valence-electron chi connectivity index (χ3n) is 4.22. The molecule has 0 atom stereocenters. The number of fused-ring (bicyclic) bond motifs is 1. The Hall–Kier alpha value is -1.92. The van der Waals surface area contributed by atoms with Crippen LogP contribution in [0.4, 0.5) is 5.13 Å². The molecule has 0 unspecified atom stereocenters. The fourth-order valence-corrected chi connectivity index (χ4v) is 4.37. The van der Waals surface area contributed by atoms with Crippen LogP contribution in [0.25, 0.3) is 10.2 Å². The molecule has 1 aromatic heterocycles. The zero-order valence-electron chi connectivity index (χ0n) is 13.0. The van der Waals surface area contributed by atoms with E-state index in [0.717, 1.165) is 46.9 Å². The SMILES string of the molecule is O=C(c1ccccc1Br)N1CCN(c2nc3ccccc3s2)CC1. The van der Waals surface area contributed by atoms with Crippen molar-refractivity contribution in [3.63, 3.8) is 0 Å². The Morgan fingerprint density at radius 3 is 2.46 bits per heavy atom. The van der Waals surface area contributed by atoms with Crippen LogP contribution in [-0.2, 0) is 0 Å². The van der Waals surface area contributed by atoms with E-state index in [0.29, 0.717) is 0 Å². The van der Waals surface area contributed by atoms with E-state index in [2.05, 4.69) is 26.9 Å². The highest BCUT2D eigenvalue weighted by atomic mass is 79.9. The second-order valence-corrected chi connectivity index (χ2v) is 7.59. The Labute approximate surface area is 152 Å². The Morgan fingerprint density at radius 2 is 1.71 bits per heavy atom. The van der Waals surface area contributed by atoms with Crippen molar-refractivity contribution in [2.24, 2.45) is 0 Å². The fraction of sp³-hybridized carbons (Fsp3) is 0.222. The van der Waals surface area contributed by atoms with E-state index in [4.69, 9.17) is 4.98 Å². The second kappa shape index (κ2) is 6.53. The molecule has 1 amide bonds. The number of amides is 1. The topological polar surface area (TPSA) is 36.4 Å². The first-order chi connectivity index (χ1) is 11.7. The summed E-state index contributed by atoms with van der Waals surface area (Å²) in [5.41, 5.74) is 1.77. The molecular formula is C18H16BrN3OS. The lowest BCUT2D eigenvalue weighted by Gasteiger charge is -2.34. The smallest absolute Gasteiger partial charge is 0.255 e. The lowest BCUT2D eigenvalue weighted by atomic mass is 10.2. The molecule has 0 N–H and O–H groups in total. The zero-order valence-corrected chi connectivity index (χ0v) is 15.4. The van der Waals surface area contributed by atoms with Gasteiger partial charge in [0.2, 0.25) is 0 Å². The van der Waals surface area contributed by atoms with Crippen molar-refractivity contribution in [3.8, 4) is 0 Å². The summed E-state index contributed by atoms with van der Waals surface area (Å²) in [6, 6.07) is 15.8. The Bertz CT molecular complexity index is 854. The molecule has 0 radical (unpaired) electrons. The number of para-hydroxylation sites is 1. The molecule has 1 fully saturated rings. The molecule has 2 aromatic carbocycles. The molecule has 0 bridgehead atoms. The molecule has 0 saturated carbocycles. The third-order valence-corrected chi connectivity index (χ3v) is 6.01. The van der Waals surface area contributed by atoms with E-state index in [1.54, 1.807) is 11.3 Å². The fourth-order valence-electron chi connectivity index (χ4n) is 2.90. The monoisotopic (exact) mass is 401 g/mol. The van der Waals surface area contributed by atoms with Gasteiger partial charge >= 0.3 is 0 Å². The molecule has 0 aliphatic carbocycles. The maximum absolute atomic E-state index is 12.7. The summed E-state index contributed by atoms with van der Waals surface area (Å²) in [7, 11) is 0. The molecule has 2 heterocycles. The Kier molecular flexibility index (Phi) is 4.24. The highest BCUT2D eigenvalue weighted by Crippen LogP contribution is 2.29. The predicted molar refractivity (Wildman–Crippen MR) is 102 cm³/mol. The number of piperazine rings is 1. The normalized spacial score (nSPS) is 15.0. The van der Waals surface area contributed by atoms with Gasteiger partial charge in [0.05, 0.1) is 15.8 Å². The van der Waals surface area contributed by atoms with Crippen LogP contribution in [0.15, 0.2) is 53.0 Å². The average molecular weight is 402 g/mol. The largest absolute Gasteiger partial charge is 0.345 e. The van der Waals surface area contributed by atoms with Crippen LogP contribution >= 0.6 is 27.3 Å². The molecule has 4 nitrogen and oxygen atoms in total. The van der Waals surface area contributed by atoms with E-state index >= 15 is 0 Å². The van der Waals surface area contributed by atoms with Gasteiger partial charge < -0.3 is 9.80 Å². The summed E-state index contributed by atoms with van der Waals surface area (Å²) in [6.07, 6.45) is 0. The van der Waals surface area contributed by atoms with Crippen LogP contribution in [0, 0.1) is 0 Å². The Morgan fingerprint density at radius 1 is 1.00 bits per heavy atom. The van der Waals surface area contributed by atoms with Gasteiger partial charge in [-0.3, -0.25) is 4.79 Å². The van der Waals surface area contributed by atoms with Gasteiger partial charge in [0, 0.05) is 30.7 Å². The van der Waals surface area contributed by atoms with Crippen LogP contribution in [0.2, 0.25) is 0 Å². The molecule has 0 spiro atoms. The van der Waals surface area contributed by atoms with Crippen molar-refractivity contribution in [1.82, 2.24) is 9.88 Å². The third kappa shape index (κ3) is 2.91. The van der Waals surface area contributed by atoms with Gasteiger partial charge in [-0.05, 0) is 40.2 Å². The molecule has 1 saturated heterocycles. The number of aromatic nitrogens is 1. The number of anilines is 1. The first kappa shape index (κ1) is 15.6. The molecule has 3 aromatic rings. The zero-order chi connectivity index (χ0) is 16.5. The summed E-state index contributed by atoms with van der Waals surface area (Å²) in [5.74, 6) is 0.0893. The quantitative estimate of drug-likeness (QED) is 0.650. The van der Waals surface area contributed by atoms with Crippen molar-refractivity contribution in [1.29, 1.82) is 0 Å². The first-order valence-electron chi connectivity index (χ1n) is 7.87. The molecular weight excluding hydrogens is 386 g/mol. The molecule has 122 valence electrons. The van der Waals surface area contributed by atoms with Gasteiger partial charge in [-0.25, -0.2) is 4.98 Å². The van der Waals surface area contributed by atoms with Crippen LogP contribution < -0.4 is 4.90 Å². The number of thiazole rings is 1. The molecule has 6 heteroatoms. The minimum atomic E-state index is 0.0893. The predicted octanol–water partition coefficient (Wildman–Crippen LogP) is 4.02. The number of benzene rings is 2. The highest BCUT2D eigenvalue weighted by Gasteiger charge is 2.24. The lowest BCUT2D eigenvalue weighted by molar-refractivity contribution is 0.0746. The van der Waals surface area contributed by atoms with E-state index in [1.807, 2.05) is 47.4 Å². The summed E-state index contributed by atoms with van der Waals surface area (Å²) < 4.78 is 2.06. The Balaban J connectivity index is 1.47. The number of halogens is 1. The van der Waals surface area contributed by atoms with Crippen molar-refractivity contribution in [2.45, 2.75) is 0 Å². The van der Waals surface area contributed by atoms with Crippen molar-refractivity contribution < 1.29 is 4.79 Å². The van der Waals surface area contributed by atoms with Crippen LogP contribution in [0.3, 0.4) is 0 Å². The van der Waals surface area contributed by atoms with Crippen molar-refractivity contribution in [2.75, 3.05) is 31.1 Å². The van der Waals surface area contributed by atoms with Crippen LogP contribution in [0.5, 0.6) is 0 Å². The standard InChI is InChI=1S/C18H16BrN3OS/c19-14-6-2-1-5-13(14)17(23)21-9-11-22(12-10-21)18-20-15-7-3-4-8-16(15)24-18/h1-8H,9-12H2. The minimum absolute atomic E-state index is 0.0893. The average Bonchev–Trinajstić information content (AvgIpc) is 3.06. The number of hydrogen-bond acceptors (Lipinski definition) is 4. The summed E-state index contributed by atoms with van der Waals surface area (Å²) in [5, 5.41) is 1.05. The molecule has 1 aliphatic rings. The summed E-state index contributed by atoms with van der Waals surface area (Å²) >= 11 is 5.18. The van der Waals surface area contributed by atoms with E-state index in [-0.39, 0.29) is 5.91 Å². The van der Waals surface area contributed by atoms with Gasteiger partial charge in [0.25, 0.3) is 5.91 Å². The van der Waals surface area contributed by atoms with E-state index in [1.165, 1.54) is 4.70 Å². The van der Waals surface area contributed by atoms with Gasteiger partial charge in [-0.1, -0.05) is 35.6 Å². The molecule has 1 aliphatic heterocycles. The van der Waals surface area contributed by atoms with Crippen LogP contribution in [-0.4, -0.2) is 42.0 Å². The maximum Gasteiger partial charge on any atom is 0.255 e. The first-order valence-corrected chi connectivity index (χ1v) is 9.47. The number of carbonyl (C=O) groups is 1. The maximum atomic E-state index is 12.7. The highest BCUT2D eigenvalue weighted by molar-refractivity contribution is 9.10. The van der Waals surface area contributed by atoms with Crippen LogP contribution in [0.1, 0.15) is 10.4 Å². The number of nitrogens with zero attached hydrogens (tertiary/aromatic N) is 3. The number of hydrogen-bond donors (Lipinski definition) is 0. The van der Waals surface area contributed by atoms with Gasteiger partial charge in [0.15, 0.2) is 5.13 Å². The summed E-state index contributed by atoms with van der Waals surface area (Å²) in [6.45, 7) is 3.07. The van der Waals surface area contributed by atoms with E-state index < -0.39 is 0 Å². The molecule has 4 rings (SSSR count). The molecule has 24 heavy (non-hydrogen) atoms. The van der Waals surface area contributed by atoms with Crippen molar-refractivity contribution >= 4 is 48.5 Å². The van der Waals surface area contributed by atoms with Crippen molar-refractivity contribution in [3.05, 3.63) is 58.6 Å². The van der Waals surface area contributed by atoms with E-state index in [9.17, 15) is 4.79 Å². The lowest BCUT2D eigenvalue weighted by Crippen LogP contribution is -2.48. The van der Waals surface area contributed by atoms with Gasteiger partial charge in [0.1, 0.15) is 0 Å². The minimum Gasteiger partial charge on any atom is -0.345 e. The van der Waals surface area contributed by atoms with Gasteiger partial charge in [-0.15, -0.1) is 0 Å². The second-order valence-electron chi connectivity index (χ2n) is 5.72.